The number of carbonyl (C=O) groups excluding carboxylic acids is 1. The SMILES string of the molecule is Cc1cc(C(=O)Nc2nccs2)ccc1/C=C/C(=O)O. The lowest BCUT2D eigenvalue weighted by Crippen LogP contribution is -2.11. The second kappa shape index (κ2) is 6.12. The number of carboxylic acid groups (broad SMARTS) is 1. The van der Waals surface area contributed by atoms with Gasteiger partial charge in [-0.15, -0.1) is 11.3 Å². The molecule has 20 heavy (non-hydrogen) atoms. The number of aromatic nitrogens is 1. The maximum absolute atomic E-state index is 12.0. The van der Waals surface area contributed by atoms with E-state index in [9.17, 15) is 9.59 Å². The van der Waals surface area contributed by atoms with E-state index >= 15 is 0 Å². The van der Waals surface area contributed by atoms with Crippen molar-refractivity contribution >= 4 is 34.4 Å². The number of benzene rings is 1. The van der Waals surface area contributed by atoms with E-state index in [1.807, 2.05) is 6.92 Å². The molecule has 0 bridgehead atoms. The second-order valence-electron chi connectivity index (χ2n) is 4.03. The predicted molar refractivity (Wildman–Crippen MR) is 77.9 cm³/mol. The number of hydrogen-bond acceptors (Lipinski definition) is 4. The molecule has 0 saturated carbocycles. The van der Waals surface area contributed by atoms with E-state index in [2.05, 4.69) is 10.3 Å². The fourth-order valence-corrected chi connectivity index (χ4v) is 2.14. The van der Waals surface area contributed by atoms with Crippen LogP contribution in [0.5, 0.6) is 0 Å². The number of carbonyl (C=O) groups is 2. The zero-order valence-corrected chi connectivity index (χ0v) is 11.5. The van der Waals surface area contributed by atoms with Crippen molar-refractivity contribution in [2.24, 2.45) is 0 Å². The summed E-state index contributed by atoms with van der Waals surface area (Å²) < 4.78 is 0. The molecule has 0 aliphatic heterocycles. The predicted octanol–water partition coefficient (Wildman–Crippen LogP) is 2.80. The molecule has 102 valence electrons. The Balaban J connectivity index is 2.16. The average molecular weight is 288 g/mol. The molecule has 5 nitrogen and oxygen atoms in total. The van der Waals surface area contributed by atoms with Gasteiger partial charge in [0.15, 0.2) is 5.13 Å². The van der Waals surface area contributed by atoms with Gasteiger partial charge in [-0.3, -0.25) is 10.1 Å². The van der Waals surface area contributed by atoms with Gasteiger partial charge in [0.05, 0.1) is 0 Å². The van der Waals surface area contributed by atoms with Crippen LogP contribution in [-0.2, 0) is 4.79 Å². The summed E-state index contributed by atoms with van der Waals surface area (Å²) in [5.74, 6) is -1.24. The van der Waals surface area contributed by atoms with E-state index in [-0.39, 0.29) is 5.91 Å². The lowest BCUT2D eigenvalue weighted by atomic mass is 10.0. The third-order valence-corrected chi connectivity index (χ3v) is 3.28. The van der Waals surface area contributed by atoms with Crippen molar-refractivity contribution in [2.75, 3.05) is 5.32 Å². The van der Waals surface area contributed by atoms with Crippen LogP contribution in [0, 0.1) is 6.92 Å². The number of carboxylic acids is 1. The third kappa shape index (κ3) is 3.52. The molecule has 0 spiro atoms. The Morgan fingerprint density at radius 3 is 2.80 bits per heavy atom. The van der Waals surface area contributed by atoms with Crippen molar-refractivity contribution in [3.05, 3.63) is 52.5 Å². The van der Waals surface area contributed by atoms with E-state index < -0.39 is 5.97 Å². The normalized spacial score (nSPS) is 10.7. The maximum Gasteiger partial charge on any atom is 0.328 e. The lowest BCUT2D eigenvalue weighted by Gasteiger charge is -2.05. The lowest BCUT2D eigenvalue weighted by molar-refractivity contribution is -0.131. The summed E-state index contributed by atoms with van der Waals surface area (Å²) in [6, 6.07) is 5.08. The summed E-state index contributed by atoms with van der Waals surface area (Å²) in [7, 11) is 0. The average Bonchev–Trinajstić information content (AvgIpc) is 2.89. The van der Waals surface area contributed by atoms with Crippen LogP contribution in [0.3, 0.4) is 0 Å². The number of aliphatic carboxylic acids is 1. The molecule has 0 unspecified atom stereocenters. The fraction of sp³-hybridized carbons (Fsp3) is 0.0714. The Kier molecular flexibility index (Phi) is 4.27. The van der Waals surface area contributed by atoms with Crippen LogP contribution in [0.4, 0.5) is 5.13 Å². The first kappa shape index (κ1) is 14.0. The molecule has 6 heteroatoms. The molecule has 2 rings (SSSR count). The molecule has 0 saturated heterocycles. The molecule has 1 heterocycles. The van der Waals surface area contributed by atoms with Gasteiger partial charge in [-0.05, 0) is 36.3 Å². The molecule has 0 aliphatic carbocycles. The molecular weight excluding hydrogens is 276 g/mol. The highest BCUT2D eigenvalue weighted by molar-refractivity contribution is 7.13. The summed E-state index contributed by atoms with van der Waals surface area (Å²) in [6.07, 6.45) is 4.18. The van der Waals surface area contributed by atoms with E-state index in [4.69, 9.17) is 5.11 Å². The first-order valence-corrected chi connectivity index (χ1v) is 6.67. The minimum Gasteiger partial charge on any atom is -0.478 e. The van der Waals surface area contributed by atoms with Crippen molar-refractivity contribution in [2.45, 2.75) is 6.92 Å². The molecule has 0 atom stereocenters. The van der Waals surface area contributed by atoms with Gasteiger partial charge in [-0.25, -0.2) is 9.78 Å². The molecular formula is C14H12N2O3S. The highest BCUT2D eigenvalue weighted by Gasteiger charge is 2.08. The van der Waals surface area contributed by atoms with Crippen LogP contribution in [-0.4, -0.2) is 22.0 Å². The molecule has 1 aromatic carbocycles. The first-order valence-electron chi connectivity index (χ1n) is 5.79. The molecule has 2 N–H and O–H groups in total. The Hall–Kier alpha value is -2.47. The van der Waals surface area contributed by atoms with Crippen LogP contribution in [0.25, 0.3) is 6.08 Å². The number of rotatable bonds is 4. The summed E-state index contributed by atoms with van der Waals surface area (Å²) in [6.45, 7) is 1.82. The van der Waals surface area contributed by atoms with Crippen LogP contribution in [0.15, 0.2) is 35.9 Å². The minimum atomic E-state index is -1.00. The summed E-state index contributed by atoms with van der Waals surface area (Å²) in [4.78, 5) is 26.4. The van der Waals surface area contributed by atoms with Crippen LogP contribution < -0.4 is 5.32 Å². The van der Waals surface area contributed by atoms with E-state index in [1.165, 1.54) is 17.4 Å². The van der Waals surface area contributed by atoms with Crippen molar-refractivity contribution in [3.8, 4) is 0 Å². The number of anilines is 1. The summed E-state index contributed by atoms with van der Waals surface area (Å²) >= 11 is 1.35. The van der Waals surface area contributed by atoms with Gasteiger partial charge >= 0.3 is 5.97 Å². The Morgan fingerprint density at radius 2 is 2.20 bits per heavy atom. The molecule has 0 aliphatic rings. The number of nitrogens with one attached hydrogen (secondary N) is 1. The van der Waals surface area contributed by atoms with Gasteiger partial charge in [0, 0.05) is 23.2 Å². The van der Waals surface area contributed by atoms with Gasteiger partial charge in [-0.2, -0.15) is 0 Å². The zero-order chi connectivity index (χ0) is 14.5. The fourth-order valence-electron chi connectivity index (χ4n) is 1.62. The highest BCUT2D eigenvalue weighted by atomic mass is 32.1. The second-order valence-corrected chi connectivity index (χ2v) is 4.93. The molecule has 0 radical (unpaired) electrons. The van der Waals surface area contributed by atoms with Crippen molar-refractivity contribution in [1.82, 2.24) is 4.98 Å². The van der Waals surface area contributed by atoms with Gasteiger partial charge < -0.3 is 5.11 Å². The number of nitrogens with zero attached hydrogens (tertiary/aromatic N) is 1. The minimum absolute atomic E-state index is 0.239. The van der Waals surface area contributed by atoms with Crippen molar-refractivity contribution < 1.29 is 14.7 Å². The van der Waals surface area contributed by atoms with Crippen LogP contribution in [0.2, 0.25) is 0 Å². The van der Waals surface area contributed by atoms with Gasteiger partial charge in [0.1, 0.15) is 0 Å². The third-order valence-electron chi connectivity index (χ3n) is 2.59. The Bertz CT molecular complexity index is 663. The summed E-state index contributed by atoms with van der Waals surface area (Å²) in [5, 5.41) is 13.6. The Labute approximate surface area is 119 Å². The maximum atomic E-state index is 12.0. The molecule has 0 fully saturated rings. The van der Waals surface area contributed by atoms with Gasteiger partial charge in [0.25, 0.3) is 5.91 Å². The van der Waals surface area contributed by atoms with Gasteiger partial charge in [-0.1, -0.05) is 6.07 Å². The number of amides is 1. The zero-order valence-electron chi connectivity index (χ0n) is 10.7. The van der Waals surface area contributed by atoms with Crippen LogP contribution >= 0.6 is 11.3 Å². The van der Waals surface area contributed by atoms with Crippen molar-refractivity contribution in [3.63, 3.8) is 0 Å². The van der Waals surface area contributed by atoms with Crippen LogP contribution in [0.1, 0.15) is 21.5 Å². The standard InChI is InChI=1S/C14H12N2O3S/c1-9-8-11(3-2-10(9)4-5-12(17)18)13(19)16-14-15-6-7-20-14/h2-8H,1H3,(H,17,18)(H,15,16,19)/b5-4+. The number of thiazole rings is 1. The van der Waals surface area contributed by atoms with E-state index in [1.54, 1.807) is 29.8 Å². The van der Waals surface area contributed by atoms with Crippen molar-refractivity contribution in [1.29, 1.82) is 0 Å². The number of hydrogen-bond donors (Lipinski definition) is 2. The summed E-state index contributed by atoms with van der Waals surface area (Å²) in [5.41, 5.74) is 2.10. The highest BCUT2D eigenvalue weighted by Crippen LogP contribution is 2.16. The quantitative estimate of drug-likeness (QED) is 0.848. The Morgan fingerprint density at radius 1 is 1.40 bits per heavy atom. The molecule has 1 aromatic heterocycles. The largest absolute Gasteiger partial charge is 0.478 e. The van der Waals surface area contributed by atoms with E-state index in [0.717, 1.165) is 17.2 Å². The van der Waals surface area contributed by atoms with Gasteiger partial charge in [0.2, 0.25) is 0 Å². The first-order chi connectivity index (χ1) is 9.56. The number of aryl methyl sites for hydroxylation is 1. The smallest absolute Gasteiger partial charge is 0.328 e. The topological polar surface area (TPSA) is 79.3 Å². The van der Waals surface area contributed by atoms with E-state index in [0.29, 0.717) is 10.7 Å². The molecule has 1 amide bonds. The monoisotopic (exact) mass is 288 g/mol. The molecule has 2 aromatic rings.